The topological polar surface area (TPSA) is 70.3 Å². The summed E-state index contributed by atoms with van der Waals surface area (Å²) in [5.74, 6) is 1.76. The maximum atomic E-state index is 5.97. The van der Waals surface area contributed by atoms with Gasteiger partial charge in [0.05, 0.1) is 6.61 Å². The van der Waals surface area contributed by atoms with E-state index in [9.17, 15) is 0 Å². The number of anilines is 1. The molecule has 1 aromatic heterocycles. The molecule has 20 heavy (non-hydrogen) atoms. The van der Waals surface area contributed by atoms with Gasteiger partial charge >= 0.3 is 0 Å². The molecule has 0 aliphatic heterocycles. The van der Waals surface area contributed by atoms with Gasteiger partial charge in [0.15, 0.2) is 5.69 Å². The Kier molecular flexibility index (Phi) is 4.40. The molecule has 0 atom stereocenters. The molecule has 0 fully saturated rings. The van der Waals surface area contributed by atoms with Crippen LogP contribution in [0.15, 0.2) is 30.6 Å². The SMILES string of the molecule is CCOc1ncnc(Oc2ccccc2C(C)C)c1N. The molecule has 106 valence electrons. The minimum Gasteiger partial charge on any atom is -0.476 e. The lowest BCUT2D eigenvalue weighted by atomic mass is 10.0. The lowest BCUT2D eigenvalue weighted by Crippen LogP contribution is -2.03. The Morgan fingerprint density at radius 2 is 1.85 bits per heavy atom. The zero-order valence-corrected chi connectivity index (χ0v) is 12.0. The smallest absolute Gasteiger partial charge is 0.249 e. The third-order valence-electron chi connectivity index (χ3n) is 2.84. The number of ether oxygens (including phenoxy) is 2. The highest BCUT2D eigenvalue weighted by molar-refractivity contribution is 5.57. The van der Waals surface area contributed by atoms with Crippen molar-refractivity contribution in [3.05, 3.63) is 36.2 Å². The molecule has 2 N–H and O–H groups in total. The van der Waals surface area contributed by atoms with Gasteiger partial charge in [0.2, 0.25) is 11.8 Å². The second-order valence-electron chi connectivity index (χ2n) is 4.63. The lowest BCUT2D eigenvalue weighted by Gasteiger charge is -2.14. The van der Waals surface area contributed by atoms with E-state index < -0.39 is 0 Å². The molecule has 2 aromatic rings. The number of hydrogen-bond donors (Lipinski definition) is 1. The predicted octanol–water partition coefficient (Wildman–Crippen LogP) is 3.37. The van der Waals surface area contributed by atoms with E-state index in [0.717, 1.165) is 11.3 Å². The summed E-state index contributed by atoms with van der Waals surface area (Å²) in [4.78, 5) is 8.07. The fourth-order valence-electron chi connectivity index (χ4n) is 1.85. The van der Waals surface area contributed by atoms with Crippen LogP contribution in [0.2, 0.25) is 0 Å². The van der Waals surface area contributed by atoms with E-state index in [2.05, 4.69) is 23.8 Å². The molecule has 1 aromatic carbocycles. The Morgan fingerprint density at radius 1 is 1.15 bits per heavy atom. The minimum absolute atomic E-state index is 0.313. The predicted molar refractivity (Wildman–Crippen MR) is 78.2 cm³/mol. The van der Waals surface area contributed by atoms with Crippen molar-refractivity contribution in [2.75, 3.05) is 12.3 Å². The molecule has 0 saturated carbocycles. The van der Waals surface area contributed by atoms with Crippen LogP contribution in [0.3, 0.4) is 0 Å². The minimum atomic E-state index is 0.313. The van der Waals surface area contributed by atoms with E-state index in [0.29, 0.717) is 30.0 Å². The van der Waals surface area contributed by atoms with Crippen molar-refractivity contribution in [1.82, 2.24) is 9.97 Å². The van der Waals surface area contributed by atoms with Gasteiger partial charge in [-0.3, -0.25) is 0 Å². The first-order valence-corrected chi connectivity index (χ1v) is 6.63. The summed E-state index contributed by atoms with van der Waals surface area (Å²) in [5.41, 5.74) is 7.38. The molecule has 0 bridgehead atoms. The van der Waals surface area contributed by atoms with Crippen molar-refractivity contribution < 1.29 is 9.47 Å². The Labute approximate surface area is 118 Å². The van der Waals surface area contributed by atoms with Crippen LogP contribution in [0.4, 0.5) is 5.69 Å². The van der Waals surface area contributed by atoms with Gasteiger partial charge in [-0.2, -0.15) is 9.97 Å². The van der Waals surface area contributed by atoms with E-state index in [4.69, 9.17) is 15.2 Å². The number of nitrogens with zero attached hydrogens (tertiary/aromatic N) is 2. The van der Waals surface area contributed by atoms with Crippen LogP contribution in [0, 0.1) is 0 Å². The first kappa shape index (κ1) is 14.1. The summed E-state index contributed by atoms with van der Waals surface area (Å²) in [6.45, 7) is 6.58. The molecule has 0 aliphatic rings. The molecule has 0 radical (unpaired) electrons. The van der Waals surface area contributed by atoms with Gasteiger partial charge in [-0.05, 0) is 24.5 Å². The quantitative estimate of drug-likeness (QED) is 0.904. The molecule has 0 saturated heterocycles. The van der Waals surface area contributed by atoms with Crippen molar-refractivity contribution in [3.8, 4) is 17.5 Å². The van der Waals surface area contributed by atoms with Crippen LogP contribution in [0.1, 0.15) is 32.3 Å². The third kappa shape index (κ3) is 2.99. The zero-order chi connectivity index (χ0) is 14.5. The normalized spacial score (nSPS) is 10.6. The maximum absolute atomic E-state index is 5.97. The van der Waals surface area contributed by atoms with Crippen LogP contribution in [-0.2, 0) is 0 Å². The zero-order valence-electron chi connectivity index (χ0n) is 12.0. The van der Waals surface area contributed by atoms with Gasteiger partial charge < -0.3 is 15.2 Å². The number of aromatic nitrogens is 2. The van der Waals surface area contributed by atoms with Crippen molar-refractivity contribution in [1.29, 1.82) is 0 Å². The Hall–Kier alpha value is -2.30. The molecular formula is C15H19N3O2. The van der Waals surface area contributed by atoms with E-state index in [1.807, 2.05) is 31.2 Å². The lowest BCUT2D eigenvalue weighted by molar-refractivity contribution is 0.325. The molecule has 5 heteroatoms. The molecule has 0 aliphatic carbocycles. The largest absolute Gasteiger partial charge is 0.476 e. The van der Waals surface area contributed by atoms with Gasteiger partial charge in [0.25, 0.3) is 0 Å². The van der Waals surface area contributed by atoms with Crippen molar-refractivity contribution in [2.45, 2.75) is 26.7 Å². The number of rotatable bonds is 5. The highest BCUT2D eigenvalue weighted by Crippen LogP contribution is 2.34. The summed E-state index contributed by atoms with van der Waals surface area (Å²) in [7, 11) is 0. The maximum Gasteiger partial charge on any atom is 0.249 e. The Bertz CT molecular complexity index is 585. The second kappa shape index (κ2) is 6.23. The molecule has 2 rings (SSSR count). The first-order valence-electron chi connectivity index (χ1n) is 6.63. The van der Waals surface area contributed by atoms with E-state index in [1.54, 1.807) is 0 Å². The summed E-state index contributed by atoms with van der Waals surface area (Å²) in [6, 6.07) is 7.83. The molecule has 0 amide bonds. The molecular weight excluding hydrogens is 254 g/mol. The van der Waals surface area contributed by atoms with Crippen LogP contribution in [0.5, 0.6) is 17.5 Å². The van der Waals surface area contributed by atoms with Crippen molar-refractivity contribution in [3.63, 3.8) is 0 Å². The highest BCUT2D eigenvalue weighted by Gasteiger charge is 2.14. The van der Waals surface area contributed by atoms with E-state index in [1.165, 1.54) is 6.33 Å². The van der Waals surface area contributed by atoms with Crippen molar-refractivity contribution in [2.24, 2.45) is 0 Å². The van der Waals surface area contributed by atoms with Gasteiger partial charge in [0.1, 0.15) is 12.1 Å². The third-order valence-corrected chi connectivity index (χ3v) is 2.84. The average Bonchev–Trinajstić information content (AvgIpc) is 2.44. The molecule has 1 heterocycles. The molecule has 5 nitrogen and oxygen atoms in total. The summed E-state index contributed by atoms with van der Waals surface area (Å²) in [6.07, 6.45) is 1.38. The molecule has 0 unspecified atom stereocenters. The number of benzene rings is 1. The van der Waals surface area contributed by atoms with Crippen LogP contribution < -0.4 is 15.2 Å². The number of nitrogen functional groups attached to an aromatic ring is 1. The molecule has 0 spiro atoms. The average molecular weight is 273 g/mol. The summed E-state index contributed by atoms with van der Waals surface area (Å²) >= 11 is 0. The Morgan fingerprint density at radius 3 is 2.55 bits per heavy atom. The standard InChI is InChI=1S/C15H19N3O2/c1-4-19-14-13(16)15(18-9-17-14)20-12-8-6-5-7-11(12)10(2)3/h5-10H,4,16H2,1-3H3. The fourth-order valence-corrected chi connectivity index (χ4v) is 1.85. The summed E-state index contributed by atoms with van der Waals surface area (Å²) in [5, 5.41) is 0. The van der Waals surface area contributed by atoms with Gasteiger partial charge in [-0.15, -0.1) is 0 Å². The fraction of sp³-hybridized carbons (Fsp3) is 0.333. The highest BCUT2D eigenvalue weighted by atomic mass is 16.5. The van der Waals surface area contributed by atoms with Gasteiger partial charge in [-0.1, -0.05) is 32.0 Å². The summed E-state index contributed by atoms with van der Waals surface area (Å²) < 4.78 is 11.2. The number of hydrogen-bond acceptors (Lipinski definition) is 5. The van der Waals surface area contributed by atoms with Crippen LogP contribution >= 0.6 is 0 Å². The monoisotopic (exact) mass is 273 g/mol. The first-order chi connectivity index (χ1) is 9.63. The second-order valence-corrected chi connectivity index (χ2v) is 4.63. The van der Waals surface area contributed by atoms with Crippen LogP contribution in [0.25, 0.3) is 0 Å². The van der Waals surface area contributed by atoms with Gasteiger partial charge in [0, 0.05) is 0 Å². The van der Waals surface area contributed by atoms with E-state index >= 15 is 0 Å². The number of nitrogens with two attached hydrogens (primary N) is 1. The van der Waals surface area contributed by atoms with Gasteiger partial charge in [-0.25, -0.2) is 0 Å². The van der Waals surface area contributed by atoms with Crippen molar-refractivity contribution >= 4 is 5.69 Å². The van der Waals surface area contributed by atoms with Crippen LogP contribution in [-0.4, -0.2) is 16.6 Å². The number of para-hydroxylation sites is 1. The Balaban J connectivity index is 2.33. The van der Waals surface area contributed by atoms with E-state index in [-0.39, 0.29) is 0 Å².